The van der Waals surface area contributed by atoms with Gasteiger partial charge in [-0.15, -0.1) is 0 Å². The molecule has 0 atom stereocenters. The van der Waals surface area contributed by atoms with Gasteiger partial charge in [-0.1, -0.05) is 12.1 Å². The minimum Gasteiger partial charge on any atom is -0.312 e. The van der Waals surface area contributed by atoms with Crippen molar-refractivity contribution in [2.45, 2.75) is 38.3 Å². The summed E-state index contributed by atoms with van der Waals surface area (Å²) in [7, 11) is 2.11. The molecule has 0 bridgehead atoms. The Kier molecular flexibility index (Phi) is 4.37. The van der Waals surface area contributed by atoms with Crippen LogP contribution in [0.4, 0.5) is 4.39 Å². The van der Waals surface area contributed by atoms with Crippen LogP contribution in [0.1, 0.15) is 31.2 Å². The van der Waals surface area contributed by atoms with Crippen LogP contribution in [0.5, 0.6) is 0 Å². The number of rotatable bonds is 8. The molecular formula is C17H25FN2. The first kappa shape index (κ1) is 14.0. The fourth-order valence-electron chi connectivity index (χ4n) is 3.08. The quantitative estimate of drug-likeness (QED) is 0.785. The lowest BCUT2D eigenvalue weighted by Crippen LogP contribution is -2.38. The molecule has 110 valence electrons. The molecule has 0 unspecified atom stereocenters. The van der Waals surface area contributed by atoms with Crippen LogP contribution in [0.2, 0.25) is 0 Å². The number of likely N-dealkylation sites (N-methyl/N-ethyl adjacent to an activating group) is 1. The standard InChI is InChI=1S/C17H25FN2/c1-20(12-13-3-2-4-16(18)11-13)10-9-19-17(14-5-6-14)15-7-8-15/h2-4,11,14-15,17,19H,5-10,12H2,1H3. The first-order valence-electron chi connectivity index (χ1n) is 7.89. The predicted molar refractivity (Wildman–Crippen MR) is 80.0 cm³/mol. The van der Waals surface area contributed by atoms with Crippen molar-refractivity contribution in [3.8, 4) is 0 Å². The highest BCUT2D eigenvalue weighted by Crippen LogP contribution is 2.44. The van der Waals surface area contributed by atoms with Crippen molar-refractivity contribution in [2.75, 3.05) is 20.1 Å². The van der Waals surface area contributed by atoms with E-state index < -0.39 is 0 Å². The molecule has 1 N–H and O–H groups in total. The van der Waals surface area contributed by atoms with E-state index in [0.717, 1.165) is 43.1 Å². The Morgan fingerprint density at radius 2 is 1.95 bits per heavy atom. The van der Waals surface area contributed by atoms with Crippen LogP contribution in [-0.4, -0.2) is 31.1 Å². The van der Waals surface area contributed by atoms with Crippen LogP contribution in [-0.2, 0) is 6.54 Å². The van der Waals surface area contributed by atoms with Crippen LogP contribution in [0.25, 0.3) is 0 Å². The number of hydrogen-bond acceptors (Lipinski definition) is 2. The Morgan fingerprint density at radius 1 is 1.25 bits per heavy atom. The van der Waals surface area contributed by atoms with Crippen molar-refractivity contribution in [1.29, 1.82) is 0 Å². The molecule has 3 heteroatoms. The third-order valence-electron chi connectivity index (χ3n) is 4.47. The molecular weight excluding hydrogens is 251 g/mol. The van der Waals surface area contributed by atoms with E-state index >= 15 is 0 Å². The highest BCUT2D eigenvalue weighted by molar-refractivity contribution is 5.16. The van der Waals surface area contributed by atoms with E-state index in [1.165, 1.54) is 31.7 Å². The Labute approximate surface area is 121 Å². The summed E-state index contributed by atoms with van der Waals surface area (Å²) in [6, 6.07) is 7.68. The molecule has 2 aliphatic rings. The van der Waals surface area contributed by atoms with Gasteiger partial charge in [0, 0.05) is 25.7 Å². The summed E-state index contributed by atoms with van der Waals surface area (Å²) in [6.45, 7) is 2.88. The molecule has 0 spiro atoms. The molecule has 0 heterocycles. The van der Waals surface area contributed by atoms with Gasteiger partial charge in [-0.3, -0.25) is 0 Å². The number of hydrogen-bond donors (Lipinski definition) is 1. The third-order valence-corrected chi connectivity index (χ3v) is 4.47. The molecule has 2 nitrogen and oxygen atoms in total. The second kappa shape index (κ2) is 6.23. The number of nitrogens with zero attached hydrogens (tertiary/aromatic N) is 1. The minimum atomic E-state index is -0.142. The lowest BCUT2D eigenvalue weighted by Gasteiger charge is -2.21. The summed E-state index contributed by atoms with van der Waals surface area (Å²) in [5, 5.41) is 3.76. The van der Waals surface area contributed by atoms with E-state index in [2.05, 4.69) is 17.3 Å². The molecule has 0 amide bonds. The molecule has 3 rings (SSSR count). The molecule has 0 aliphatic heterocycles. The number of benzene rings is 1. The highest BCUT2D eigenvalue weighted by Gasteiger charge is 2.40. The van der Waals surface area contributed by atoms with Crippen molar-refractivity contribution in [3.05, 3.63) is 35.6 Å². The lowest BCUT2D eigenvalue weighted by atomic mass is 10.1. The summed E-state index contributed by atoms with van der Waals surface area (Å²) in [4.78, 5) is 2.26. The molecule has 2 saturated carbocycles. The van der Waals surface area contributed by atoms with Crippen LogP contribution >= 0.6 is 0 Å². The van der Waals surface area contributed by atoms with Crippen molar-refractivity contribution < 1.29 is 4.39 Å². The van der Waals surface area contributed by atoms with Crippen LogP contribution in [0.15, 0.2) is 24.3 Å². The zero-order valence-corrected chi connectivity index (χ0v) is 12.3. The Bertz CT molecular complexity index is 428. The molecule has 0 radical (unpaired) electrons. The molecule has 1 aromatic rings. The molecule has 2 fully saturated rings. The number of nitrogens with one attached hydrogen (secondary N) is 1. The summed E-state index contributed by atoms with van der Waals surface area (Å²) in [6.07, 6.45) is 5.70. The summed E-state index contributed by atoms with van der Waals surface area (Å²) in [5.41, 5.74) is 1.05. The van der Waals surface area contributed by atoms with E-state index in [0.29, 0.717) is 0 Å². The maximum absolute atomic E-state index is 13.1. The molecule has 20 heavy (non-hydrogen) atoms. The largest absolute Gasteiger partial charge is 0.312 e. The summed E-state index contributed by atoms with van der Waals surface area (Å²) >= 11 is 0. The van der Waals surface area contributed by atoms with Gasteiger partial charge < -0.3 is 10.2 Å². The minimum absolute atomic E-state index is 0.142. The Balaban J connectivity index is 1.39. The smallest absolute Gasteiger partial charge is 0.123 e. The maximum Gasteiger partial charge on any atom is 0.123 e. The van der Waals surface area contributed by atoms with E-state index in [9.17, 15) is 4.39 Å². The fraction of sp³-hybridized carbons (Fsp3) is 0.647. The fourth-order valence-corrected chi connectivity index (χ4v) is 3.08. The van der Waals surface area contributed by atoms with Gasteiger partial charge in [0.1, 0.15) is 5.82 Å². The first-order chi connectivity index (χ1) is 9.72. The van der Waals surface area contributed by atoms with Gasteiger partial charge in [-0.25, -0.2) is 4.39 Å². The van der Waals surface area contributed by atoms with Crippen molar-refractivity contribution in [2.24, 2.45) is 11.8 Å². The van der Waals surface area contributed by atoms with Gasteiger partial charge in [0.15, 0.2) is 0 Å². The molecule has 1 aromatic carbocycles. The second-order valence-corrected chi connectivity index (χ2v) is 6.52. The Hall–Kier alpha value is -0.930. The van der Waals surface area contributed by atoms with E-state index in [1.54, 1.807) is 12.1 Å². The zero-order chi connectivity index (χ0) is 13.9. The molecule has 0 aromatic heterocycles. The average Bonchev–Trinajstić information content (AvgIpc) is 3.27. The molecule has 2 aliphatic carbocycles. The van der Waals surface area contributed by atoms with E-state index in [4.69, 9.17) is 0 Å². The zero-order valence-electron chi connectivity index (χ0n) is 12.3. The summed E-state index contributed by atoms with van der Waals surface area (Å²) in [5.74, 6) is 1.77. The van der Waals surface area contributed by atoms with Gasteiger partial charge in [0.25, 0.3) is 0 Å². The van der Waals surface area contributed by atoms with Crippen LogP contribution in [0.3, 0.4) is 0 Å². The highest BCUT2D eigenvalue weighted by atomic mass is 19.1. The average molecular weight is 276 g/mol. The summed E-state index contributed by atoms with van der Waals surface area (Å²) < 4.78 is 13.1. The monoisotopic (exact) mass is 276 g/mol. The van der Waals surface area contributed by atoms with Gasteiger partial charge in [0.2, 0.25) is 0 Å². The Morgan fingerprint density at radius 3 is 2.55 bits per heavy atom. The van der Waals surface area contributed by atoms with Crippen LogP contribution < -0.4 is 5.32 Å². The van der Waals surface area contributed by atoms with Gasteiger partial charge in [-0.2, -0.15) is 0 Å². The normalized spacial score (nSPS) is 19.0. The van der Waals surface area contributed by atoms with Crippen molar-refractivity contribution in [1.82, 2.24) is 10.2 Å². The lowest BCUT2D eigenvalue weighted by molar-refractivity contribution is 0.305. The van der Waals surface area contributed by atoms with Gasteiger partial charge >= 0.3 is 0 Å². The van der Waals surface area contributed by atoms with E-state index in [-0.39, 0.29) is 5.82 Å². The maximum atomic E-state index is 13.1. The predicted octanol–water partition coefficient (Wildman–Crippen LogP) is 3.04. The van der Waals surface area contributed by atoms with Crippen molar-refractivity contribution >= 4 is 0 Å². The van der Waals surface area contributed by atoms with Crippen molar-refractivity contribution in [3.63, 3.8) is 0 Å². The SMILES string of the molecule is CN(CCNC(C1CC1)C1CC1)Cc1cccc(F)c1. The number of halogens is 1. The first-order valence-corrected chi connectivity index (χ1v) is 7.89. The van der Waals surface area contributed by atoms with Crippen LogP contribution in [0, 0.1) is 17.7 Å². The van der Waals surface area contributed by atoms with Gasteiger partial charge in [0.05, 0.1) is 0 Å². The topological polar surface area (TPSA) is 15.3 Å². The van der Waals surface area contributed by atoms with Gasteiger partial charge in [-0.05, 0) is 62.3 Å². The van der Waals surface area contributed by atoms with E-state index in [1.807, 2.05) is 6.07 Å². The molecule has 0 saturated heterocycles. The second-order valence-electron chi connectivity index (χ2n) is 6.52. The third kappa shape index (κ3) is 4.03.